The molecular weight excluding hydrogens is 144 g/mol. The number of hydrogen-bond donors (Lipinski definition) is 3. The van der Waals surface area contributed by atoms with Gasteiger partial charge in [0.2, 0.25) is 0 Å². The summed E-state index contributed by atoms with van der Waals surface area (Å²) in [6.45, 7) is 0.132. The molecule has 0 aromatic rings. The molecule has 0 saturated carbocycles. The van der Waals surface area contributed by atoms with Crippen molar-refractivity contribution in [3.63, 3.8) is 0 Å². The fourth-order valence-electron chi connectivity index (χ4n) is 1.20. The van der Waals surface area contributed by atoms with Gasteiger partial charge in [-0.15, -0.1) is 0 Å². The first-order valence-corrected chi connectivity index (χ1v) is 3.57. The normalized spacial score (nSPS) is 28.8. The molecule has 2 atom stereocenters. The molecular formula is C7H12N2O2. The largest absolute Gasteiger partial charge is 0.396 e. The van der Waals surface area contributed by atoms with E-state index in [1.54, 1.807) is 0 Å². The van der Waals surface area contributed by atoms with E-state index in [4.69, 9.17) is 10.8 Å². The minimum absolute atomic E-state index is 0.00431. The molecule has 0 unspecified atom stereocenters. The Labute approximate surface area is 65.1 Å². The van der Waals surface area contributed by atoms with E-state index in [1.165, 1.54) is 0 Å². The van der Waals surface area contributed by atoms with E-state index in [0.29, 0.717) is 0 Å². The highest BCUT2D eigenvalue weighted by Crippen LogP contribution is 2.16. The van der Waals surface area contributed by atoms with Gasteiger partial charge in [0.15, 0.2) is 0 Å². The lowest BCUT2D eigenvalue weighted by atomic mass is 10.1. The van der Waals surface area contributed by atoms with E-state index in [0.717, 1.165) is 6.42 Å². The number of rotatable bonds is 2. The smallest absolute Gasteiger partial charge is 0.312 e. The van der Waals surface area contributed by atoms with Crippen LogP contribution in [0.3, 0.4) is 0 Å². The van der Waals surface area contributed by atoms with Crippen molar-refractivity contribution in [2.75, 3.05) is 6.61 Å². The van der Waals surface area contributed by atoms with Crippen LogP contribution >= 0.6 is 0 Å². The van der Waals surface area contributed by atoms with Crippen molar-refractivity contribution in [1.82, 2.24) is 5.32 Å². The average Bonchev–Trinajstić information content (AvgIpc) is 2.34. The zero-order valence-corrected chi connectivity index (χ0v) is 6.16. The number of primary amides is 1. The Morgan fingerprint density at radius 1 is 1.73 bits per heavy atom. The second-order valence-corrected chi connectivity index (χ2v) is 2.68. The van der Waals surface area contributed by atoms with Gasteiger partial charge in [0.1, 0.15) is 0 Å². The van der Waals surface area contributed by atoms with Crippen LogP contribution in [-0.4, -0.2) is 23.8 Å². The SMILES string of the molecule is NC(=O)N[C@@H]1C=C[C@H](CO)C1. The highest BCUT2D eigenvalue weighted by molar-refractivity contribution is 5.72. The number of nitrogens with one attached hydrogen (secondary N) is 1. The number of aliphatic hydroxyl groups excluding tert-OH is 1. The summed E-state index contributed by atoms with van der Waals surface area (Å²) in [6, 6.07) is -0.511. The lowest BCUT2D eigenvalue weighted by Crippen LogP contribution is -2.36. The lowest BCUT2D eigenvalue weighted by Gasteiger charge is -2.09. The molecule has 62 valence electrons. The van der Waals surface area contributed by atoms with Crippen LogP contribution in [0.1, 0.15) is 6.42 Å². The standard InChI is InChI=1S/C7H12N2O2/c8-7(11)9-6-2-1-5(3-6)4-10/h1-2,5-6,10H,3-4H2,(H3,8,9,11)/t5-,6+/m0/s1. The molecule has 0 spiro atoms. The molecule has 4 nitrogen and oxygen atoms in total. The Kier molecular flexibility index (Phi) is 2.48. The number of carbonyl (C=O) groups excluding carboxylic acids is 1. The van der Waals surface area contributed by atoms with Gasteiger partial charge < -0.3 is 16.2 Å². The molecule has 0 radical (unpaired) electrons. The maximum absolute atomic E-state index is 10.4. The molecule has 0 fully saturated rings. The van der Waals surface area contributed by atoms with Gasteiger partial charge in [-0.25, -0.2) is 4.79 Å². The molecule has 1 aliphatic carbocycles. The third-order valence-electron chi connectivity index (χ3n) is 1.73. The van der Waals surface area contributed by atoms with E-state index in [-0.39, 0.29) is 18.6 Å². The number of hydrogen-bond acceptors (Lipinski definition) is 2. The van der Waals surface area contributed by atoms with E-state index in [9.17, 15) is 4.79 Å². The maximum atomic E-state index is 10.4. The highest BCUT2D eigenvalue weighted by atomic mass is 16.3. The Morgan fingerprint density at radius 3 is 2.91 bits per heavy atom. The Bertz CT molecular complexity index is 179. The molecule has 0 heterocycles. The highest BCUT2D eigenvalue weighted by Gasteiger charge is 2.18. The Balaban J connectivity index is 2.32. The van der Waals surface area contributed by atoms with Crippen LogP contribution in [0.5, 0.6) is 0 Å². The van der Waals surface area contributed by atoms with Gasteiger partial charge in [0, 0.05) is 18.6 Å². The monoisotopic (exact) mass is 156 g/mol. The molecule has 0 aliphatic heterocycles. The van der Waals surface area contributed by atoms with Crippen molar-refractivity contribution < 1.29 is 9.90 Å². The van der Waals surface area contributed by atoms with Crippen molar-refractivity contribution >= 4 is 6.03 Å². The Hall–Kier alpha value is -1.03. The molecule has 2 amide bonds. The van der Waals surface area contributed by atoms with Gasteiger partial charge in [-0.1, -0.05) is 12.2 Å². The third kappa shape index (κ3) is 2.23. The molecule has 1 aliphatic rings. The first-order chi connectivity index (χ1) is 5.22. The van der Waals surface area contributed by atoms with Crippen LogP contribution < -0.4 is 11.1 Å². The van der Waals surface area contributed by atoms with Crippen LogP contribution in [0, 0.1) is 5.92 Å². The first kappa shape index (κ1) is 8.07. The van der Waals surface area contributed by atoms with E-state index in [2.05, 4.69) is 5.32 Å². The van der Waals surface area contributed by atoms with Crippen molar-refractivity contribution in [1.29, 1.82) is 0 Å². The summed E-state index contributed by atoms with van der Waals surface area (Å²) in [6.07, 6.45) is 4.49. The van der Waals surface area contributed by atoms with Gasteiger partial charge in [0.25, 0.3) is 0 Å². The summed E-state index contributed by atoms with van der Waals surface area (Å²) in [4.78, 5) is 10.4. The quantitative estimate of drug-likeness (QED) is 0.475. The molecule has 0 aromatic heterocycles. The van der Waals surface area contributed by atoms with Crippen LogP contribution in [0.25, 0.3) is 0 Å². The number of aliphatic hydroxyl groups is 1. The zero-order valence-electron chi connectivity index (χ0n) is 6.16. The summed E-state index contributed by atoms with van der Waals surface area (Å²) in [7, 11) is 0. The van der Waals surface area contributed by atoms with E-state index >= 15 is 0 Å². The summed E-state index contributed by atoms with van der Waals surface area (Å²) < 4.78 is 0. The van der Waals surface area contributed by atoms with E-state index in [1.807, 2.05) is 12.2 Å². The predicted octanol–water partition coefficient (Wildman–Crippen LogP) is -0.408. The minimum Gasteiger partial charge on any atom is -0.396 e. The second-order valence-electron chi connectivity index (χ2n) is 2.68. The predicted molar refractivity (Wildman–Crippen MR) is 40.8 cm³/mol. The summed E-state index contributed by atoms with van der Waals surface area (Å²) in [5.41, 5.74) is 4.91. The van der Waals surface area contributed by atoms with Crippen LogP contribution in [-0.2, 0) is 0 Å². The van der Waals surface area contributed by atoms with Gasteiger partial charge in [-0.05, 0) is 6.42 Å². The van der Waals surface area contributed by atoms with Gasteiger partial charge in [-0.2, -0.15) is 0 Å². The first-order valence-electron chi connectivity index (χ1n) is 3.57. The molecule has 4 heteroatoms. The maximum Gasteiger partial charge on any atom is 0.312 e. The molecule has 11 heavy (non-hydrogen) atoms. The number of amides is 2. The van der Waals surface area contributed by atoms with Crippen LogP contribution in [0.2, 0.25) is 0 Å². The van der Waals surface area contributed by atoms with Crippen molar-refractivity contribution in [3.8, 4) is 0 Å². The number of carbonyl (C=O) groups is 1. The molecule has 1 rings (SSSR count). The minimum atomic E-state index is -0.516. The van der Waals surface area contributed by atoms with Gasteiger partial charge >= 0.3 is 6.03 Å². The lowest BCUT2D eigenvalue weighted by molar-refractivity contribution is 0.236. The molecule has 4 N–H and O–H groups in total. The van der Waals surface area contributed by atoms with Crippen LogP contribution in [0.15, 0.2) is 12.2 Å². The van der Waals surface area contributed by atoms with Crippen LogP contribution in [0.4, 0.5) is 4.79 Å². The second kappa shape index (κ2) is 3.39. The third-order valence-corrected chi connectivity index (χ3v) is 1.73. The number of nitrogens with two attached hydrogens (primary N) is 1. The average molecular weight is 156 g/mol. The summed E-state index contributed by atoms with van der Waals surface area (Å²) >= 11 is 0. The van der Waals surface area contributed by atoms with Gasteiger partial charge in [-0.3, -0.25) is 0 Å². The Morgan fingerprint density at radius 2 is 2.45 bits per heavy atom. The van der Waals surface area contributed by atoms with Crippen molar-refractivity contribution in [2.45, 2.75) is 12.5 Å². The fourth-order valence-corrected chi connectivity index (χ4v) is 1.20. The molecule has 0 bridgehead atoms. The molecule has 0 aromatic carbocycles. The van der Waals surface area contributed by atoms with Gasteiger partial charge in [0.05, 0.1) is 0 Å². The summed E-state index contributed by atoms with van der Waals surface area (Å²) in [5, 5.41) is 11.3. The van der Waals surface area contributed by atoms with Crippen molar-refractivity contribution in [2.24, 2.45) is 11.7 Å². The van der Waals surface area contributed by atoms with E-state index < -0.39 is 6.03 Å². The number of urea groups is 1. The topological polar surface area (TPSA) is 75.4 Å². The zero-order chi connectivity index (χ0) is 8.27. The fraction of sp³-hybridized carbons (Fsp3) is 0.571. The summed E-state index contributed by atoms with van der Waals surface area (Å²) in [5.74, 6) is 0.173. The molecule has 0 saturated heterocycles. The van der Waals surface area contributed by atoms with Crippen molar-refractivity contribution in [3.05, 3.63) is 12.2 Å².